The lowest BCUT2D eigenvalue weighted by Crippen LogP contribution is -2.71. The number of rotatable bonds is 23. The summed E-state index contributed by atoms with van der Waals surface area (Å²) in [5.74, 6) is -3.41. The molecule has 0 aromatic heterocycles. The first-order chi connectivity index (χ1) is 42.5. The molecule has 7 aliphatic rings. The molecule has 90 heavy (non-hydrogen) atoms. The second kappa shape index (κ2) is 32.4. The van der Waals surface area contributed by atoms with Crippen LogP contribution in [0.4, 0.5) is 0 Å². The maximum Gasteiger partial charge on any atom is 0.217 e. The van der Waals surface area contributed by atoms with Gasteiger partial charge in [0.15, 0.2) is 44.0 Å². The van der Waals surface area contributed by atoms with Crippen molar-refractivity contribution in [3.05, 3.63) is 0 Å². The minimum absolute atomic E-state index is 0.759. The average molecular weight is 1320 g/mol. The van der Waals surface area contributed by atoms with E-state index < -0.39 is 285 Å². The predicted molar refractivity (Wildman–Crippen MR) is 278 cm³/mol. The number of aliphatic hydroxyl groups is 19. The molecule has 7 heterocycles. The zero-order valence-corrected chi connectivity index (χ0v) is 48.6. The van der Waals surface area contributed by atoms with E-state index in [0.717, 1.165) is 27.7 Å². The Balaban J connectivity index is 1.34. The van der Waals surface area contributed by atoms with Gasteiger partial charge >= 0.3 is 0 Å². The molecular weight excluding hydrogens is 1230 g/mol. The molecule has 7 saturated heterocycles. The molecule has 520 valence electrons. The number of carbonyl (C=O) groups excluding carboxylic acids is 4. The second-order valence-corrected chi connectivity index (χ2v) is 22.5. The first kappa shape index (κ1) is 74.0. The van der Waals surface area contributed by atoms with Gasteiger partial charge in [-0.25, -0.2) is 0 Å². The standard InChI is InChI=1S/C50H84N4O36/c1-12(61)51-23-33(71)39(20(9-59)79-44(23)77)86-47-26(54-15(4)64)34(72)40(21(10-60)84-47)87-49-38(76)42(89-50-43(36(74)30(68)19(8-58)83-50)90-46-25(53-14(3)63)32(70)28(66)17(6-56)81-46)41(88-45-24(52-13(2)62)31(69)27(65)16(5-55)80-45)22(85-49)11-78-48-37(75)35(73)29(67)18(7-57)82-48/h16-50,55-60,65-77H,5-11H2,1-4H3,(H,51,61)(H,52,62)(H,53,63)(H,54,64)/t16-,17-,18-,19-,20-,21-,22-,23-,24-,25-,26-,27-,28-,29-,30-,31-,32-,33-,34-,35+,36+,37+,38+,39-,40-,41-,42-,43+,44?,45+,46+,47+,48+,49+,50-/m1/s1. The van der Waals surface area contributed by atoms with E-state index in [0.29, 0.717) is 0 Å². The molecule has 23 N–H and O–H groups in total. The number of amides is 4. The van der Waals surface area contributed by atoms with Gasteiger partial charge < -0.3 is 180 Å². The molecule has 0 bridgehead atoms. The summed E-state index contributed by atoms with van der Waals surface area (Å²) in [5, 5.41) is 218. The van der Waals surface area contributed by atoms with E-state index in [1.54, 1.807) is 0 Å². The number of aliphatic hydroxyl groups excluding tert-OH is 19. The molecule has 0 aliphatic carbocycles. The zero-order chi connectivity index (χ0) is 66.5. The molecule has 40 nitrogen and oxygen atoms in total. The van der Waals surface area contributed by atoms with Crippen molar-refractivity contribution in [3.8, 4) is 0 Å². The van der Waals surface area contributed by atoms with Gasteiger partial charge in [-0.1, -0.05) is 0 Å². The van der Waals surface area contributed by atoms with Gasteiger partial charge in [0.05, 0.1) is 46.2 Å². The molecule has 0 saturated carbocycles. The van der Waals surface area contributed by atoms with Crippen LogP contribution in [0.25, 0.3) is 0 Å². The minimum Gasteiger partial charge on any atom is -0.394 e. The Morgan fingerprint density at radius 1 is 0.289 bits per heavy atom. The number of carbonyl (C=O) groups is 4. The maximum atomic E-state index is 12.9. The summed E-state index contributed by atoms with van der Waals surface area (Å²) in [4.78, 5) is 50.1. The lowest BCUT2D eigenvalue weighted by atomic mass is 9.93. The summed E-state index contributed by atoms with van der Waals surface area (Å²) >= 11 is 0. The highest BCUT2D eigenvalue weighted by Crippen LogP contribution is 2.39. The fourth-order valence-electron chi connectivity index (χ4n) is 11.5. The quantitative estimate of drug-likeness (QED) is 0.0452. The molecule has 7 aliphatic heterocycles. The smallest absolute Gasteiger partial charge is 0.217 e. The van der Waals surface area contributed by atoms with Crippen molar-refractivity contribution in [1.29, 1.82) is 0 Å². The van der Waals surface area contributed by atoms with Crippen LogP contribution in [-0.4, -0.2) is 382 Å². The number of hydrogen-bond donors (Lipinski definition) is 23. The van der Waals surface area contributed by atoms with Gasteiger partial charge in [0.2, 0.25) is 23.6 Å². The van der Waals surface area contributed by atoms with E-state index >= 15 is 0 Å². The highest BCUT2D eigenvalue weighted by atomic mass is 16.8. The van der Waals surface area contributed by atoms with Gasteiger partial charge in [-0.05, 0) is 0 Å². The van der Waals surface area contributed by atoms with Crippen LogP contribution < -0.4 is 21.3 Å². The minimum atomic E-state index is -2.54. The van der Waals surface area contributed by atoms with Gasteiger partial charge in [0.1, 0.15) is 171 Å². The average Bonchev–Trinajstić information content (AvgIpc) is 0.795. The number of nitrogens with one attached hydrogen (secondary N) is 4. The van der Waals surface area contributed by atoms with E-state index in [2.05, 4.69) is 21.3 Å². The van der Waals surface area contributed by atoms with Gasteiger partial charge in [-0.2, -0.15) is 0 Å². The summed E-state index contributed by atoms with van der Waals surface area (Å²) in [7, 11) is 0. The molecule has 40 heteroatoms. The van der Waals surface area contributed by atoms with Crippen LogP contribution in [0.1, 0.15) is 27.7 Å². The Morgan fingerprint density at radius 2 is 0.611 bits per heavy atom. The van der Waals surface area contributed by atoms with E-state index in [9.17, 15) is 116 Å². The van der Waals surface area contributed by atoms with Gasteiger partial charge in [0, 0.05) is 27.7 Å². The summed E-state index contributed by atoms with van der Waals surface area (Å²) in [5.41, 5.74) is 0. The van der Waals surface area contributed by atoms with Crippen molar-refractivity contribution in [2.24, 2.45) is 0 Å². The Kier molecular flexibility index (Phi) is 26.6. The Morgan fingerprint density at radius 3 is 1.07 bits per heavy atom. The topological polar surface area (TPSA) is 621 Å². The van der Waals surface area contributed by atoms with Crippen LogP contribution in [0, 0.1) is 0 Å². The van der Waals surface area contributed by atoms with Crippen molar-refractivity contribution in [2.75, 3.05) is 46.2 Å². The van der Waals surface area contributed by atoms with E-state index in [4.69, 9.17) is 61.6 Å². The molecule has 0 radical (unpaired) electrons. The first-order valence-electron chi connectivity index (χ1n) is 28.6. The Labute approximate surface area is 510 Å². The number of hydrogen-bond acceptors (Lipinski definition) is 36. The highest BCUT2D eigenvalue weighted by molar-refractivity contribution is 5.74. The molecule has 0 aromatic rings. The molecule has 0 aromatic carbocycles. The second-order valence-electron chi connectivity index (χ2n) is 22.5. The van der Waals surface area contributed by atoms with Crippen molar-refractivity contribution in [2.45, 2.75) is 242 Å². The van der Waals surface area contributed by atoms with E-state index in [-0.39, 0.29) is 0 Å². The SMILES string of the molecule is CC(=O)N[C@H]1[C@H](O[C@H]2[C@H](O)[C@@H](NC(C)=O)C(O)O[C@@H]2CO)O[C@H](CO)[C@@H](O[C@@H]2O[C@H](CO[C@H]3O[C@H](CO)[C@@H](O)[C@H](O)[C@@H]3O)[C@@H](O[C@@H]3O[C@H](CO)[C@@H](O)[C@H](O)[C@H]3NC(C)=O)[C@H](O[C@H]3O[C@H](CO)[C@@H](O)[C@H](O)[C@@H]3O[C@@H]3O[C@H](CO)[C@@H](O)[C@H](O)[C@H]3NC(C)=O)[C@@H]2O)[C@@H]1O. The van der Waals surface area contributed by atoms with Crippen LogP contribution >= 0.6 is 0 Å². The molecule has 35 atom stereocenters. The molecule has 7 fully saturated rings. The Hall–Kier alpha value is -3.40. The summed E-state index contributed by atoms with van der Waals surface area (Å²) in [6, 6.07) is -7.10. The van der Waals surface area contributed by atoms with Gasteiger partial charge in [-0.15, -0.1) is 0 Å². The molecule has 4 amide bonds. The van der Waals surface area contributed by atoms with Crippen LogP contribution in [0.15, 0.2) is 0 Å². The molecule has 1 unspecified atom stereocenters. The fraction of sp³-hybridized carbons (Fsp3) is 0.920. The largest absolute Gasteiger partial charge is 0.394 e. The monoisotopic (exact) mass is 1320 g/mol. The number of ether oxygens (including phenoxy) is 13. The third-order valence-electron chi connectivity index (χ3n) is 16.1. The van der Waals surface area contributed by atoms with Crippen LogP contribution in [0.5, 0.6) is 0 Å². The van der Waals surface area contributed by atoms with Crippen LogP contribution in [0.2, 0.25) is 0 Å². The predicted octanol–water partition coefficient (Wildman–Crippen LogP) is -15.7. The van der Waals surface area contributed by atoms with Crippen LogP contribution in [0.3, 0.4) is 0 Å². The Bertz CT molecular complexity index is 2310. The van der Waals surface area contributed by atoms with Crippen molar-refractivity contribution < 1.29 is 178 Å². The summed E-state index contributed by atoms with van der Waals surface area (Å²) < 4.78 is 77.9. The summed E-state index contributed by atoms with van der Waals surface area (Å²) in [6.45, 7) is -3.39. The third kappa shape index (κ3) is 16.4. The first-order valence-corrected chi connectivity index (χ1v) is 28.6. The third-order valence-corrected chi connectivity index (χ3v) is 16.1. The van der Waals surface area contributed by atoms with Gasteiger partial charge in [0.25, 0.3) is 0 Å². The van der Waals surface area contributed by atoms with Crippen molar-refractivity contribution >= 4 is 23.6 Å². The zero-order valence-electron chi connectivity index (χ0n) is 48.6. The van der Waals surface area contributed by atoms with Crippen molar-refractivity contribution in [1.82, 2.24) is 21.3 Å². The lowest BCUT2D eigenvalue weighted by molar-refractivity contribution is -0.406. The lowest BCUT2D eigenvalue weighted by Gasteiger charge is -2.52. The van der Waals surface area contributed by atoms with Crippen LogP contribution in [-0.2, 0) is 80.8 Å². The molecule has 7 rings (SSSR count). The van der Waals surface area contributed by atoms with E-state index in [1.165, 1.54) is 0 Å². The molecule has 0 spiro atoms. The van der Waals surface area contributed by atoms with Gasteiger partial charge in [-0.3, -0.25) is 19.2 Å². The molecular formula is C50H84N4O36. The van der Waals surface area contributed by atoms with E-state index in [1.807, 2.05) is 0 Å². The summed E-state index contributed by atoms with van der Waals surface area (Å²) in [6.07, 6.45) is -63.2. The fourth-order valence-corrected chi connectivity index (χ4v) is 11.5. The van der Waals surface area contributed by atoms with Crippen molar-refractivity contribution in [3.63, 3.8) is 0 Å². The highest BCUT2D eigenvalue weighted by Gasteiger charge is 2.60. The normalized spacial score (nSPS) is 47.6. The maximum absolute atomic E-state index is 12.9.